The molecule has 0 aliphatic rings. The van der Waals surface area contributed by atoms with Gasteiger partial charge in [0.05, 0.1) is 14.2 Å². The van der Waals surface area contributed by atoms with Gasteiger partial charge in [-0.25, -0.2) is 5.01 Å². The molecule has 0 saturated carbocycles. The predicted molar refractivity (Wildman–Crippen MR) is 198 cm³/mol. The van der Waals surface area contributed by atoms with Crippen molar-refractivity contribution in [1.29, 1.82) is 0 Å². The Kier molecular flexibility index (Phi) is 35.9. The number of nitrogens with zero attached hydrogens (tertiary/aromatic N) is 1. The molecule has 0 fully saturated rings. The zero-order valence-electron chi connectivity index (χ0n) is 27.0. The molecule has 258 valence electrons. The number of methoxy groups -OCH3 is 2. The Labute approximate surface area is 293 Å². The number of nitrogens with two attached hydrogens (primary N) is 1. The molecule has 0 atom stereocenters. The van der Waals surface area contributed by atoms with Gasteiger partial charge in [0.25, 0.3) is 0 Å². The average Bonchev–Trinajstić information content (AvgIpc) is 2.98. The van der Waals surface area contributed by atoms with Crippen LogP contribution in [0.15, 0.2) is 48.5 Å². The summed E-state index contributed by atoms with van der Waals surface area (Å²) in [7, 11) is 3.44. The summed E-state index contributed by atoms with van der Waals surface area (Å²) in [5, 5.41) is 12.6. The van der Waals surface area contributed by atoms with Crippen molar-refractivity contribution in [2.45, 2.75) is 83.7 Å². The van der Waals surface area contributed by atoms with E-state index in [0.717, 1.165) is 75.8 Å². The predicted octanol–water partition coefficient (Wildman–Crippen LogP) is 7.33. The van der Waals surface area contributed by atoms with Gasteiger partial charge in [0, 0.05) is 30.8 Å². The maximum atomic E-state index is 6.19. The van der Waals surface area contributed by atoms with E-state index in [1.165, 1.54) is 69.8 Å². The normalized spacial score (nSPS) is 10.3. The summed E-state index contributed by atoms with van der Waals surface area (Å²) < 4.78 is 10.8. The molecule has 0 radical (unpaired) electrons. The fraction of sp³-hybridized carbons (Fsp3) is 0.636. The van der Waals surface area contributed by atoms with Crippen LogP contribution in [0.3, 0.4) is 0 Å². The number of hydrazine groups is 1. The highest BCUT2D eigenvalue weighted by atomic mass is 35.5. The largest absolute Gasteiger partial charge is 0.496 e. The number of ether oxygens (including phenoxy) is 2. The SMILES string of the molecule is COc1ccccc1CNCCCCCCNCCCCCNCCCCCCN(N)Cc1ccccc1OC.Cl.Cl.Cl.Cl. The van der Waals surface area contributed by atoms with E-state index in [4.69, 9.17) is 15.3 Å². The fourth-order valence-electron chi connectivity index (χ4n) is 4.90. The molecule has 2 aromatic rings. The Morgan fingerprint density at radius 1 is 0.523 bits per heavy atom. The first-order valence-electron chi connectivity index (χ1n) is 15.6. The molecule has 0 spiro atoms. The van der Waals surface area contributed by atoms with Crippen molar-refractivity contribution >= 4 is 49.6 Å². The zero-order valence-corrected chi connectivity index (χ0v) is 30.3. The Morgan fingerprint density at radius 3 is 1.41 bits per heavy atom. The van der Waals surface area contributed by atoms with E-state index in [1.54, 1.807) is 14.2 Å². The minimum absolute atomic E-state index is 0. The third kappa shape index (κ3) is 23.4. The maximum Gasteiger partial charge on any atom is 0.123 e. The molecule has 0 amide bonds. The smallest absolute Gasteiger partial charge is 0.123 e. The van der Waals surface area contributed by atoms with Crippen LogP contribution in [0.25, 0.3) is 0 Å². The summed E-state index contributed by atoms with van der Waals surface area (Å²) in [6, 6.07) is 16.3. The maximum absolute atomic E-state index is 6.19. The number of nitrogens with one attached hydrogen (secondary N) is 3. The lowest BCUT2D eigenvalue weighted by atomic mass is 10.1. The minimum atomic E-state index is 0. The van der Waals surface area contributed by atoms with Gasteiger partial charge in [-0.1, -0.05) is 68.5 Å². The minimum Gasteiger partial charge on any atom is -0.496 e. The van der Waals surface area contributed by atoms with Crippen LogP contribution in [0.1, 0.15) is 81.8 Å². The highest BCUT2D eigenvalue weighted by Crippen LogP contribution is 2.18. The van der Waals surface area contributed by atoms with Gasteiger partial charge in [0.1, 0.15) is 11.5 Å². The number of hydrogen-bond donors (Lipinski definition) is 4. The molecule has 5 N–H and O–H groups in total. The van der Waals surface area contributed by atoms with Gasteiger partial charge in [-0.3, -0.25) is 5.84 Å². The van der Waals surface area contributed by atoms with Crippen LogP contribution < -0.4 is 31.3 Å². The first-order valence-corrected chi connectivity index (χ1v) is 15.6. The van der Waals surface area contributed by atoms with E-state index in [9.17, 15) is 0 Å². The van der Waals surface area contributed by atoms with Gasteiger partial charge in [-0.15, -0.1) is 49.6 Å². The number of para-hydroxylation sites is 2. The third-order valence-electron chi connectivity index (χ3n) is 7.29. The van der Waals surface area contributed by atoms with E-state index in [0.29, 0.717) is 0 Å². The summed E-state index contributed by atoms with van der Waals surface area (Å²) in [6.07, 6.45) is 13.8. The molecule has 0 aromatic heterocycles. The van der Waals surface area contributed by atoms with Gasteiger partial charge in [-0.05, 0) is 83.4 Å². The number of hydrogen-bond acceptors (Lipinski definition) is 7. The van der Waals surface area contributed by atoms with E-state index in [-0.39, 0.29) is 49.6 Å². The second-order valence-electron chi connectivity index (χ2n) is 10.7. The van der Waals surface area contributed by atoms with Crippen LogP contribution in [0.5, 0.6) is 11.5 Å². The molecule has 0 aliphatic heterocycles. The molecular weight excluding hydrogens is 640 g/mol. The van der Waals surface area contributed by atoms with Gasteiger partial charge in [0.15, 0.2) is 0 Å². The molecular formula is C33H61Cl4N5O2. The monoisotopic (exact) mass is 699 g/mol. The molecule has 0 heterocycles. The Bertz CT molecular complexity index is 886. The molecule has 2 rings (SSSR count). The van der Waals surface area contributed by atoms with Gasteiger partial charge in [0.2, 0.25) is 0 Å². The van der Waals surface area contributed by atoms with E-state index in [2.05, 4.69) is 34.1 Å². The summed E-state index contributed by atoms with van der Waals surface area (Å²) in [5.41, 5.74) is 2.37. The van der Waals surface area contributed by atoms with Gasteiger partial charge in [-0.2, -0.15) is 0 Å². The molecule has 0 unspecified atom stereocenters. The van der Waals surface area contributed by atoms with Crippen molar-refractivity contribution < 1.29 is 9.47 Å². The molecule has 44 heavy (non-hydrogen) atoms. The van der Waals surface area contributed by atoms with Crippen LogP contribution in [-0.4, -0.2) is 58.5 Å². The van der Waals surface area contributed by atoms with Crippen molar-refractivity contribution in [3.05, 3.63) is 59.7 Å². The lowest BCUT2D eigenvalue weighted by Crippen LogP contribution is -2.31. The first-order chi connectivity index (χ1) is 19.7. The van der Waals surface area contributed by atoms with Crippen molar-refractivity contribution in [3.8, 4) is 11.5 Å². The summed E-state index contributed by atoms with van der Waals surface area (Å²) in [4.78, 5) is 0. The molecule has 7 nitrogen and oxygen atoms in total. The summed E-state index contributed by atoms with van der Waals surface area (Å²) in [6.45, 7) is 8.15. The van der Waals surface area contributed by atoms with E-state index < -0.39 is 0 Å². The van der Waals surface area contributed by atoms with Crippen LogP contribution in [0.2, 0.25) is 0 Å². The van der Waals surface area contributed by atoms with Crippen molar-refractivity contribution in [2.75, 3.05) is 53.5 Å². The number of halogens is 4. The molecule has 11 heteroatoms. The first kappa shape index (κ1) is 47.4. The van der Waals surface area contributed by atoms with Crippen LogP contribution >= 0.6 is 49.6 Å². The van der Waals surface area contributed by atoms with Crippen molar-refractivity contribution in [2.24, 2.45) is 5.84 Å². The van der Waals surface area contributed by atoms with Gasteiger partial charge >= 0.3 is 0 Å². The van der Waals surface area contributed by atoms with Crippen LogP contribution in [0, 0.1) is 0 Å². The highest BCUT2D eigenvalue weighted by Gasteiger charge is 2.06. The van der Waals surface area contributed by atoms with Crippen molar-refractivity contribution in [3.63, 3.8) is 0 Å². The lowest BCUT2D eigenvalue weighted by molar-refractivity contribution is 0.262. The standard InChI is InChI=1S/C33H57N5O2.4ClH/c1-39-32-20-10-8-18-30(32)28-37-26-14-4-3-12-22-35-24-15-7-16-25-36-23-13-5-6-17-27-38(34)29-31-19-9-11-21-33(31)40-2;;;;/h8-11,18-21,35-37H,3-7,12-17,22-29,34H2,1-2H3;4*1H. The Morgan fingerprint density at radius 2 is 0.909 bits per heavy atom. The molecule has 0 bridgehead atoms. The topological polar surface area (TPSA) is 83.8 Å². The second kappa shape index (κ2) is 33.4. The second-order valence-corrected chi connectivity index (χ2v) is 10.7. The zero-order chi connectivity index (χ0) is 28.5. The van der Waals surface area contributed by atoms with Crippen LogP contribution in [-0.2, 0) is 13.1 Å². The van der Waals surface area contributed by atoms with Crippen molar-refractivity contribution in [1.82, 2.24) is 21.0 Å². The number of rotatable bonds is 26. The van der Waals surface area contributed by atoms with E-state index >= 15 is 0 Å². The molecule has 2 aromatic carbocycles. The highest BCUT2D eigenvalue weighted by molar-refractivity contribution is 5.86. The number of benzene rings is 2. The fourth-order valence-corrected chi connectivity index (χ4v) is 4.90. The quantitative estimate of drug-likeness (QED) is 0.0465. The molecule has 0 saturated heterocycles. The van der Waals surface area contributed by atoms with Gasteiger partial charge < -0.3 is 25.4 Å². The molecule has 0 aliphatic carbocycles. The third-order valence-corrected chi connectivity index (χ3v) is 7.29. The summed E-state index contributed by atoms with van der Waals surface area (Å²) in [5.74, 6) is 8.07. The van der Waals surface area contributed by atoms with Crippen LogP contribution in [0.4, 0.5) is 0 Å². The average molecular weight is 702 g/mol. The Balaban J connectivity index is -0.00000420. The van der Waals surface area contributed by atoms with E-state index in [1.807, 2.05) is 35.3 Å². The summed E-state index contributed by atoms with van der Waals surface area (Å²) >= 11 is 0. The number of unbranched alkanes of at least 4 members (excludes halogenated alkanes) is 8. The Hall–Kier alpha value is -1.000. The lowest BCUT2D eigenvalue weighted by Gasteiger charge is -2.18.